The summed E-state index contributed by atoms with van der Waals surface area (Å²) in [6.45, 7) is 1.91. The monoisotopic (exact) mass is 562 g/mol. The Hall–Kier alpha value is -3.26. The number of carbonyl (C=O) groups excluding carboxylic acids is 1. The van der Waals surface area contributed by atoms with Gasteiger partial charge in [0, 0.05) is 50.9 Å². The number of alkyl halides is 3. The van der Waals surface area contributed by atoms with Crippen molar-refractivity contribution in [3.8, 4) is 11.1 Å². The average molecular weight is 563 g/mol. The Morgan fingerprint density at radius 2 is 1.89 bits per heavy atom. The number of aliphatic carboxylic acids is 1. The van der Waals surface area contributed by atoms with E-state index >= 15 is 0 Å². The SMILES string of the molecule is CN1c2ccc(-c3cncc(Cl)c3N3CCC4(CC3)CNC(=O)O4)cc2CS1(=O)=O.O=C(O)C(F)(F)F. The molecule has 200 valence electrons. The summed E-state index contributed by atoms with van der Waals surface area (Å²) in [7, 11) is -1.73. The lowest BCUT2D eigenvalue weighted by Gasteiger charge is -2.39. The van der Waals surface area contributed by atoms with E-state index in [4.69, 9.17) is 26.2 Å². The molecule has 1 aromatic carbocycles. The van der Waals surface area contributed by atoms with Gasteiger partial charge >= 0.3 is 18.2 Å². The molecule has 4 heterocycles. The lowest BCUT2D eigenvalue weighted by atomic mass is 9.90. The first kappa shape index (κ1) is 26.8. The number of carboxylic acid groups (broad SMARTS) is 1. The third-order valence-electron chi connectivity index (χ3n) is 6.46. The molecule has 2 N–H and O–H groups in total. The Morgan fingerprint density at radius 1 is 1.24 bits per heavy atom. The van der Waals surface area contributed by atoms with Crippen molar-refractivity contribution in [1.29, 1.82) is 0 Å². The van der Waals surface area contributed by atoms with Crippen molar-refractivity contribution in [3.05, 3.63) is 41.2 Å². The molecule has 1 aromatic heterocycles. The summed E-state index contributed by atoms with van der Waals surface area (Å²) in [5, 5.41) is 10.4. The van der Waals surface area contributed by atoms with Gasteiger partial charge in [-0.2, -0.15) is 13.2 Å². The number of aromatic nitrogens is 1. The van der Waals surface area contributed by atoms with Gasteiger partial charge in [0.1, 0.15) is 5.60 Å². The molecule has 3 aliphatic heterocycles. The van der Waals surface area contributed by atoms with Crippen LogP contribution in [0, 0.1) is 0 Å². The molecule has 0 unspecified atom stereocenters. The van der Waals surface area contributed by atoms with Gasteiger partial charge in [0.25, 0.3) is 0 Å². The van der Waals surface area contributed by atoms with Gasteiger partial charge in [0.2, 0.25) is 10.0 Å². The van der Waals surface area contributed by atoms with Gasteiger partial charge in [-0.05, 0) is 23.3 Å². The van der Waals surface area contributed by atoms with Crippen LogP contribution in [-0.2, 0) is 25.3 Å². The van der Waals surface area contributed by atoms with Crippen LogP contribution < -0.4 is 14.5 Å². The maximum absolute atomic E-state index is 12.2. The number of nitrogens with one attached hydrogen (secondary N) is 1. The van der Waals surface area contributed by atoms with Gasteiger partial charge < -0.3 is 20.1 Å². The summed E-state index contributed by atoms with van der Waals surface area (Å²) >= 11 is 6.57. The van der Waals surface area contributed by atoms with E-state index in [9.17, 15) is 26.4 Å². The van der Waals surface area contributed by atoms with Crippen LogP contribution in [0.25, 0.3) is 11.1 Å². The summed E-state index contributed by atoms with van der Waals surface area (Å²) in [5.41, 5.74) is 3.62. The van der Waals surface area contributed by atoms with Crippen LogP contribution in [-0.4, -0.2) is 69.0 Å². The van der Waals surface area contributed by atoms with Crippen LogP contribution in [0.4, 0.5) is 29.3 Å². The predicted octanol–water partition coefficient (Wildman–Crippen LogP) is 3.39. The van der Waals surface area contributed by atoms with Gasteiger partial charge in [-0.1, -0.05) is 17.7 Å². The molecule has 0 saturated carbocycles. The van der Waals surface area contributed by atoms with Crippen molar-refractivity contribution < 1.29 is 41.0 Å². The molecule has 0 aliphatic carbocycles. The molecule has 10 nitrogen and oxygen atoms in total. The van der Waals surface area contributed by atoms with Crippen molar-refractivity contribution in [2.75, 3.05) is 35.9 Å². The molecular weight excluding hydrogens is 541 g/mol. The molecule has 1 spiro atoms. The molecule has 0 atom stereocenters. The molecule has 37 heavy (non-hydrogen) atoms. The van der Waals surface area contributed by atoms with Crippen LogP contribution >= 0.6 is 11.6 Å². The normalized spacial score (nSPS) is 19.5. The number of fused-ring (bicyclic) bond motifs is 1. The van der Waals surface area contributed by atoms with Gasteiger partial charge in [0.05, 0.1) is 28.7 Å². The Kier molecular flexibility index (Phi) is 6.92. The third kappa shape index (κ3) is 5.39. The Bertz CT molecular complexity index is 1350. The maximum Gasteiger partial charge on any atom is 0.490 e. The maximum atomic E-state index is 12.2. The fourth-order valence-corrected chi connectivity index (χ4v) is 6.07. The van der Waals surface area contributed by atoms with Crippen molar-refractivity contribution in [3.63, 3.8) is 0 Å². The fraction of sp³-hybridized carbons (Fsp3) is 0.409. The number of ether oxygens (including phenoxy) is 1. The van der Waals surface area contributed by atoms with Crippen molar-refractivity contribution in [2.45, 2.75) is 30.4 Å². The number of rotatable bonds is 2. The molecule has 0 bridgehead atoms. The second kappa shape index (κ2) is 9.56. The standard InChI is InChI=1S/C20H21ClN4O4S.C2HF3O2/c1-24-17-3-2-13(8-14(17)11-30(24,27)28)15-9-22-10-16(21)18(15)25-6-4-20(5-7-25)12-23-19(26)29-20;3-2(4,5)1(6)7/h2-3,8-10H,4-7,11-12H2,1H3,(H,23,26);(H,6,7). The first-order valence-electron chi connectivity index (χ1n) is 11.0. The van der Waals surface area contributed by atoms with E-state index in [0.717, 1.165) is 22.4 Å². The van der Waals surface area contributed by atoms with Crippen LogP contribution in [0.3, 0.4) is 0 Å². The summed E-state index contributed by atoms with van der Waals surface area (Å²) in [6, 6.07) is 5.64. The Labute approximate surface area is 215 Å². The number of amides is 1. The van der Waals surface area contributed by atoms with Crippen molar-refractivity contribution >= 4 is 45.1 Å². The quantitative estimate of drug-likeness (QED) is 0.570. The minimum Gasteiger partial charge on any atom is -0.475 e. The van der Waals surface area contributed by atoms with E-state index < -0.39 is 27.8 Å². The molecule has 2 aromatic rings. The number of benzene rings is 1. The zero-order valence-corrected chi connectivity index (χ0v) is 21.0. The summed E-state index contributed by atoms with van der Waals surface area (Å²) in [6.07, 6.45) is -0.650. The van der Waals surface area contributed by atoms with Crippen molar-refractivity contribution in [2.24, 2.45) is 0 Å². The van der Waals surface area contributed by atoms with E-state index in [1.54, 1.807) is 19.4 Å². The van der Waals surface area contributed by atoms with E-state index in [-0.39, 0.29) is 11.8 Å². The molecular formula is C22H22ClF3N4O6S. The zero-order chi connectivity index (χ0) is 27.2. The molecule has 2 saturated heterocycles. The topological polar surface area (TPSA) is 129 Å². The Morgan fingerprint density at radius 3 is 2.46 bits per heavy atom. The summed E-state index contributed by atoms with van der Waals surface area (Å²) in [5.74, 6) is -2.77. The fourth-order valence-electron chi connectivity index (χ4n) is 4.50. The highest BCUT2D eigenvalue weighted by atomic mass is 35.5. The molecule has 1 amide bonds. The van der Waals surface area contributed by atoms with E-state index in [1.807, 2.05) is 18.2 Å². The van der Waals surface area contributed by atoms with Crippen LogP contribution in [0.5, 0.6) is 0 Å². The highest BCUT2D eigenvalue weighted by Gasteiger charge is 2.43. The number of sulfonamides is 1. The smallest absolute Gasteiger partial charge is 0.475 e. The molecule has 15 heteroatoms. The minimum atomic E-state index is -5.08. The summed E-state index contributed by atoms with van der Waals surface area (Å²) in [4.78, 5) is 26.9. The lowest BCUT2D eigenvalue weighted by Crippen LogP contribution is -2.46. The third-order valence-corrected chi connectivity index (χ3v) is 8.44. The van der Waals surface area contributed by atoms with Crippen LogP contribution in [0.1, 0.15) is 18.4 Å². The predicted molar refractivity (Wildman–Crippen MR) is 128 cm³/mol. The van der Waals surface area contributed by atoms with Gasteiger partial charge in [-0.15, -0.1) is 0 Å². The summed E-state index contributed by atoms with van der Waals surface area (Å²) < 4.78 is 63.0. The van der Waals surface area contributed by atoms with Crippen LogP contribution in [0.15, 0.2) is 30.6 Å². The molecule has 0 radical (unpaired) electrons. The van der Waals surface area contributed by atoms with Gasteiger partial charge in [-0.3, -0.25) is 9.29 Å². The number of alkyl carbamates (subject to hydrolysis) is 1. The number of anilines is 2. The van der Waals surface area contributed by atoms with Crippen molar-refractivity contribution in [1.82, 2.24) is 10.3 Å². The lowest BCUT2D eigenvalue weighted by molar-refractivity contribution is -0.192. The molecule has 2 fully saturated rings. The second-order valence-corrected chi connectivity index (χ2v) is 11.2. The second-order valence-electron chi connectivity index (χ2n) is 8.80. The number of piperidine rings is 1. The van der Waals surface area contributed by atoms with E-state index in [2.05, 4.69) is 15.2 Å². The number of hydrogen-bond donors (Lipinski definition) is 2. The number of halogens is 4. The number of nitrogens with zero attached hydrogens (tertiary/aromatic N) is 3. The van der Waals surface area contributed by atoms with Gasteiger partial charge in [0.15, 0.2) is 0 Å². The first-order chi connectivity index (χ1) is 17.2. The number of pyridine rings is 1. The number of carbonyl (C=O) groups is 2. The van der Waals surface area contributed by atoms with E-state index in [1.165, 1.54) is 4.31 Å². The minimum absolute atomic E-state index is 0.0133. The van der Waals surface area contributed by atoms with Crippen LogP contribution in [0.2, 0.25) is 5.02 Å². The highest BCUT2D eigenvalue weighted by Crippen LogP contribution is 2.42. The van der Waals surface area contributed by atoms with E-state index in [0.29, 0.717) is 43.2 Å². The first-order valence-corrected chi connectivity index (χ1v) is 13.0. The number of carboxylic acids is 1. The highest BCUT2D eigenvalue weighted by molar-refractivity contribution is 7.92. The molecule has 3 aliphatic rings. The average Bonchev–Trinajstić information content (AvgIpc) is 3.29. The largest absolute Gasteiger partial charge is 0.490 e. The Balaban J connectivity index is 0.000000405. The zero-order valence-electron chi connectivity index (χ0n) is 19.4. The molecule has 5 rings (SSSR count). The number of hydrogen-bond acceptors (Lipinski definition) is 7. The van der Waals surface area contributed by atoms with Gasteiger partial charge in [-0.25, -0.2) is 18.0 Å².